The van der Waals surface area contributed by atoms with Crippen LogP contribution in [0.4, 0.5) is 11.4 Å². The molecule has 3 aromatic rings. The molecule has 0 radical (unpaired) electrons. The Morgan fingerprint density at radius 3 is 2.24 bits per heavy atom. The van der Waals surface area contributed by atoms with E-state index in [1.165, 1.54) is 6.07 Å². The molecule has 3 N–H and O–H groups in total. The number of nitrogens with one attached hydrogen (secondary N) is 3. The molecule has 0 fully saturated rings. The van der Waals surface area contributed by atoms with E-state index in [0.29, 0.717) is 29.0 Å². The van der Waals surface area contributed by atoms with Crippen molar-refractivity contribution in [1.82, 2.24) is 5.32 Å². The third-order valence-electron chi connectivity index (χ3n) is 4.86. The molecular weight excluding hydrogens is 438 g/mol. The highest BCUT2D eigenvalue weighted by Gasteiger charge is 2.20. The Balaban J connectivity index is 1.84. The number of rotatable bonds is 8. The first-order valence-corrected chi connectivity index (χ1v) is 12.0. The quantitative estimate of drug-likeness (QED) is 0.458. The molecule has 2 amide bonds. The fourth-order valence-corrected chi connectivity index (χ4v) is 4.45. The van der Waals surface area contributed by atoms with E-state index in [0.717, 1.165) is 0 Å². The Morgan fingerprint density at radius 2 is 1.55 bits per heavy atom. The molecule has 0 saturated heterocycles. The van der Waals surface area contributed by atoms with E-state index in [1.54, 1.807) is 73.7 Å². The van der Waals surface area contributed by atoms with Gasteiger partial charge in [0, 0.05) is 17.8 Å². The number of amides is 2. The average molecular weight is 466 g/mol. The lowest BCUT2D eigenvalue weighted by molar-refractivity contribution is 0.0950. The molecule has 33 heavy (non-hydrogen) atoms. The summed E-state index contributed by atoms with van der Waals surface area (Å²) in [5, 5.41) is 5.56. The summed E-state index contributed by atoms with van der Waals surface area (Å²) >= 11 is 0. The fraction of sp³-hybridized carbons (Fsp3) is 0.200. The van der Waals surface area contributed by atoms with Gasteiger partial charge in [-0.2, -0.15) is 0 Å². The van der Waals surface area contributed by atoms with Gasteiger partial charge in [0.15, 0.2) is 0 Å². The predicted octanol–water partition coefficient (Wildman–Crippen LogP) is 4.43. The minimum Gasteiger partial charge on any atom is -0.352 e. The topological polar surface area (TPSA) is 104 Å². The molecule has 0 aliphatic rings. The minimum absolute atomic E-state index is 0.00182. The molecule has 8 heteroatoms. The fourth-order valence-electron chi connectivity index (χ4n) is 3.12. The maximum absolute atomic E-state index is 12.9. The van der Waals surface area contributed by atoms with Gasteiger partial charge in [0.25, 0.3) is 21.8 Å². The molecule has 0 aliphatic carbocycles. The van der Waals surface area contributed by atoms with Crippen LogP contribution in [0, 0.1) is 12.8 Å². The molecule has 3 rings (SSSR count). The lowest BCUT2D eigenvalue weighted by atomic mass is 10.1. The molecule has 172 valence electrons. The Morgan fingerprint density at radius 1 is 0.879 bits per heavy atom. The molecule has 0 aromatic heterocycles. The molecule has 0 saturated carbocycles. The molecule has 0 atom stereocenters. The maximum Gasteiger partial charge on any atom is 0.262 e. The van der Waals surface area contributed by atoms with Crippen molar-refractivity contribution in [3.05, 3.63) is 89.5 Å². The minimum atomic E-state index is -3.90. The van der Waals surface area contributed by atoms with Gasteiger partial charge in [-0.25, -0.2) is 8.42 Å². The average Bonchev–Trinajstić information content (AvgIpc) is 2.78. The first kappa shape index (κ1) is 24.0. The van der Waals surface area contributed by atoms with Crippen molar-refractivity contribution in [3.63, 3.8) is 0 Å². The van der Waals surface area contributed by atoms with Crippen LogP contribution in [0.25, 0.3) is 0 Å². The van der Waals surface area contributed by atoms with E-state index in [9.17, 15) is 18.0 Å². The van der Waals surface area contributed by atoms with E-state index in [2.05, 4.69) is 15.4 Å². The van der Waals surface area contributed by atoms with E-state index < -0.39 is 15.9 Å². The second-order valence-electron chi connectivity index (χ2n) is 8.06. The second kappa shape index (κ2) is 10.3. The second-order valence-corrected chi connectivity index (χ2v) is 9.71. The number of anilines is 2. The zero-order valence-electron chi connectivity index (χ0n) is 18.8. The number of benzene rings is 3. The number of carbonyl (C=O) groups excluding carboxylic acids is 2. The standard InChI is InChI=1S/C25H27N3O4S/c1-17(2)16-26-25(30)21-11-7-8-12-22(21)27-24(29)19-14-13-18(3)23(15-19)33(31,32)28-20-9-5-4-6-10-20/h4-15,17,28H,16H2,1-3H3,(H,26,30)(H,27,29). The molecule has 0 spiro atoms. The maximum atomic E-state index is 12.9. The number of hydrogen-bond donors (Lipinski definition) is 3. The van der Waals surface area contributed by atoms with E-state index in [4.69, 9.17) is 0 Å². The van der Waals surface area contributed by atoms with Gasteiger partial charge in [-0.1, -0.05) is 50.2 Å². The third-order valence-corrected chi connectivity index (χ3v) is 6.38. The number of hydrogen-bond acceptors (Lipinski definition) is 4. The van der Waals surface area contributed by atoms with E-state index in [1.807, 2.05) is 13.8 Å². The lowest BCUT2D eigenvalue weighted by Gasteiger charge is -2.14. The summed E-state index contributed by atoms with van der Waals surface area (Å²) in [7, 11) is -3.90. The number of sulfonamides is 1. The Bertz CT molecular complexity index is 1260. The number of para-hydroxylation sites is 2. The van der Waals surface area contributed by atoms with Crippen LogP contribution in [0.2, 0.25) is 0 Å². The first-order valence-electron chi connectivity index (χ1n) is 10.5. The highest BCUT2D eigenvalue weighted by Crippen LogP contribution is 2.22. The molecule has 7 nitrogen and oxygen atoms in total. The van der Waals surface area contributed by atoms with Crippen LogP contribution in [0.5, 0.6) is 0 Å². The lowest BCUT2D eigenvalue weighted by Crippen LogP contribution is -2.28. The van der Waals surface area contributed by atoms with Crippen LogP contribution >= 0.6 is 0 Å². The van der Waals surface area contributed by atoms with Crippen LogP contribution in [0.1, 0.15) is 40.1 Å². The Labute approximate surface area is 194 Å². The zero-order chi connectivity index (χ0) is 24.0. The summed E-state index contributed by atoms with van der Waals surface area (Å²) < 4.78 is 28.4. The highest BCUT2D eigenvalue weighted by atomic mass is 32.2. The molecule has 0 aliphatic heterocycles. The van der Waals surface area contributed by atoms with Crippen molar-refractivity contribution >= 4 is 33.2 Å². The van der Waals surface area contributed by atoms with Crippen LogP contribution in [-0.2, 0) is 10.0 Å². The molecular formula is C25H27N3O4S. The van der Waals surface area contributed by atoms with Gasteiger partial charge in [0.05, 0.1) is 16.1 Å². The van der Waals surface area contributed by atoms with Crippen molar-refractivity contribution in [1.29, 1.82) is 0 Å². The third kappa shape index (κ3) is 6.20. The predicted molar refractivity (Wildman–Crippen MR) is 130 cm³/mol. The molecule has 0 bridgehead atoms. The van der Waals surface area contributed by atoms with Crippen molar-refractivity contribution < 1.29 is 18.0 Å². The monoisotopic (exact) mass is 465 g/mol. The number of carbonyl (C=O) groups is 2. The molecule has 0 unspecified atom stereocenters. The first-order chi connectivity index (χ1) is 15.7. The summed E-state index contributed by atoms with van der Waals surface area (Å²) in [6.45, 7) is 6.15. The van der Waals surface area contributed by atoms with E-state index >= 15 is 0 Å². The zero-order valence-corrected chi connectivity index (χ0v) is 19.6. The van der Waals surface area contributed by atoms with Gasteiger partial charge in [-0.15, -0.1) is 0 Å². The van der Waals surface area contributed by atoms with Gasteiger partial charge in [-0.3, -0.25) is 14.3 Å². The van der Waals surface area contributed by atoms with Crippen LogP contribution in [0.15, 0.2) is 77.7 Å². The van der Waals surface area contributed by atoms with Crippen molar-refractivity contribution in [2.24, 2.45) is 5.92 Å². The van der Waals surface area contributed by atoms with Gasteiger partial charge in [0.1, 0.15) is 0 Å². The highest BCUT2D eigenvalue weighted by molar-refractivity contribution is 7.92. The summed E-state index contributed by atoms with van der Waals surface area (Å²) in [6.07, 6.45) is 0. The normalized spacial score (nSPS) is 11.2. The van der Waals surface area contributed by atoms with Gasteiger partial charge in [0.2, 0.25) is 0 Å². The van der Waals surface area contributed by atoms with Crippen molar-refractivity contribution in [3.8, 4) is 0 Å². The van der Waals surface area contributed by atoms with Crippen LogP contribution in [0.3, 0.4) is 0 Å². The van der Waals surface area contributed by atoms with Gasteiger partial charge in [-0.05, 0) is 54.8 Å². The van der Waals surface area contributed by atoms with E-state index in [-0.39, 0.29) is 22.3 Å². The SMILES string of the molecule is Cc1ccc(C(=O)Nc2ccccc2C(=O)NCC(C)C)cc1S(=O)(=O)Nc1ccccc1. The summed E-state index contributed by atoms with van der Waals surface area (Å²) in [4.78, 5) is 25.5. The Hall–Kier alpha value is -3.65. The Kier molecular flexibility index (Phi) is 7.50. The van der Waals surface area contributed by atoms with Gasteiger partial charge >= 0.3 is 0 Å². The smallest absolute Gasteiger partial charge is 0.262 e. The van der Waals surface area contributed by atoms with Crippen LogP contribution in [-0.4, -0.2) is 26.8 Å². The van der Waals surface area contributed by atoms with Gasteiger partial charge < -0.3 is 10.6 Å². The molecule has 0 heterocycles. The summed E-state index contributed by atoms with van der Waals surface area (Å²) in [5.74, 6) is -0.526. The largest absolute Gasteiger partial charge is 0.352 e. The molecule has 3 aromatic carbocycles. The van der Waals surface area contributed by atoms with Crippen molar-refractivity contribution in [2.45, 2.75) is 25.7 Å². The van der Waals surface area contributed by atoms with Crippen molar-refractivity contribution in [2.75, 3.05) is 16.6 Å². The summed E-state index contributed by atoms with van der Waals surface area (Å²) in [5.41, 5.74) is 1.76. The summed E-state index contributed by atoms with van der Waals surface area (Å²) in [6, 6.07) is 19.7. The number of aryl methyl sites for hydroxylation is 1. The van der Waals surface area contributed by atoms with Crippen LogP contribution < -0.4 is 15.4 Å².